The predicted octanol–water partition coefficient (Wildman–Crippen LogP) is 3.14. The lowest BCUT2D eigenvalue weighted by Gasteiger charge is -2.04. The number of anilines is 1. The average molecular weight is 325 g/mol. The summed E-state index contributed by atoms with van der Waals surface area (Å²) in [5, 5.41) is 6.44. The molecule has 0 bridgehead atoms. The highest BCUT2D eigenvalue weighted by Crippen LogP contribution is 2.21. The third kappa shape index (κ3) is 3.42. The summed E-state index contributed by atoms with van der Waals surface area (Å²) in [5.41, 5.74) is 2.02. The van der Waals surface area contributed by atoms with Crippen LogP contribution in [-0.4, -0.2) is 18.2 Å². The van der Waals surface area contributed by atoms with Crippen molar-refractivity contribution in [2.24, 2.45) is 0 Å². The molecule has 0 aliphatic carbocycles. The largest absolute Gasteiger partial charge is 0.377 e. The Hall–Kier alpha value is -1.66. The Bertz CT molecular complexity index is 595. The van der Waals surface area contributed by atoms with E-state index in [0.717, 1.165) is 10.0 Å². The van der Waals surface area contributed by atoms with Gasteiger partial charge in [0.05, 0.1) is 0 Å². The summed E-state index contributed by atoms with van der Waals surface area (Å²) < 4.78 is 10.8. The molecule has 0 saturated carbocycles. The number of halogens is 1. The Morgan fingerprint density at radius 1 is 1.47 bits per heavy atom. The minimum absolute atomic E-state index is 0.226. The van der Waals surface area contributed by atoms with Gasteiger partial charge in [-0.15, -0.1) is 0 Å². The van der Waals surface area contributed by atoms with E-state index in [-0.39, 0.29) is 18.2 Å². The predicted molar refractivity (Wildman–Crippen MR) is 74.0 cm³/mol. The van der Waals surface area contributed by atoms with Crippen molar-refractivity contribution in [2.75, 3.05) is 12.4 Å². The normalized spacial score (nSPS) is 10.5. The van der Waals surface area contributed by atoms with Crippen molar-refractivity contribution < 1.29 is 14.1 Å². The van der Waals surface area contributed by atoms with Crippen LogP contribution in [-0.2, 0) is 11.3 Å². The molecule has 0 saturated heterocycles. The Morgan fingerprint density at radius 2 is 2.26 bits per heavy atom. The fraction of sp³-hybridized carbons (Fsp3) is 0.231. The van der Waals surface area contributed by atoms with E-state index in [4.69, 9.17) is 9.26 Å². The van der Waals surface area contributed by atoms with Crippen molar-refractivity contribution in [1.29, 1.82) is 0 Å². The van der Waals surface area contributed by atoms with Gasteiger partial charge in [0.2, 0.25) is 0 Å². The Labute approximate surface area is 119 Å². The topological polar surface area (TPSA) is 64.4 Å². The summed E-state index contributed by atoms with van der Waals surface area (Å²) in [6.45, 7) is 2.26. The number of ether oxygens (including phenoxy) is 1. The van der Waals surface area contributed by atoms with Crippen molar-refractivity contribution in [2.45, 2.75) is 13.5 Å². The van der Waals surface area contributed by atoms with Gasteiger partial charge in [-0.05, 0) is 24.6 Å². The van der Waals surface area contributed by atoms with Crippen LogP contribution in [0.25, 0.3) is 0 Å². The number of amides is 1. The van der Waals surface area contributed by atoms with E-state index in [9.17, 15) is 4.79 Å². The lowest BCUT2D eigenvalue weighted by molar-refractivity contribution is 0.101. The molecule has 2 rings (SSSR count). The lowest BCUT2D eigenvalue weighted by atomic mass is 10.2. The number of methoxy groups -OCH3 is 1. The summed E-state index contributed by atoms with van der Waals surface area (Å²) in [5.74, 6) is 0.194. The zero-order valence-electron chi connectivity index (χ0n) is 10.6. The summed E-state index contributed by atoms with van der Waals surface area (Å²) in [7, 11) is 1.55. The molecule has 1 aromatic carbocycles. The van der Waals surface area contributed by atoms with E-state index >= 15 is 0 Å². The molecular weight excluding hydrogens is 312 g/mol. The summed E-state index contributed by atoms with van der Waals surface area (Å²) in [6.07, 6.45) is 0. The van der Waals surface area contributed by atoms with Crippen LogP contribution in [0.4, 0.5) is 5.69 Å². The molecular formula is C13H13BrN2O3. The van der Waals surface area contributed by atoms with Gasteiger partial charge in [0, 0.05) is 23.3 Å². The number of nitrogens with zero attached hydrogens (tertiary/aromatic N) is 1. The molecule has 0 aliphatic rings. The molecule has 0 fully saturated rings. The fourth-order valence-corrected chi connectivity index (χ4v) is 1.87. The van der Waals surface area contributed by atoms with Gasteiger partial charge in [-0.2, -0.15) is 0 Å². The van der Waals surface area contributed by atoms with Gasteiger partial charge in [-0.3, -0.25) is 4.79 Å². The second-order valence-corrected chi connectivity index (χ2v) is 4.88. The molecule has 5 nitrogen and oxygen atoms in total. The van der Waals surface area contributed by atoms with E-state index in [1.54, 1.807) is 13.2 Å². The molecule has 19 heavy (non-hydrogen) atoms. The lowest BCUT2D eigenvalue weighted by Crippen LogP contribution is -2.12. The Kier molecular flexibility index (Phi) is 4.34. The van der Waals surface area contributed by atoms with Crippen molar-refractivity contribution in [3.8, 4) is 0 Å². The highest BCUT2D eigenvalue weighted by molar-refractivity contribution is 9.10. The first kappa shape index (κ1) is 13.8. The number of benzene rings is 1. The number of carbonyl (C=O) groups excluding carboxylic acids is 1. The average Bonchev–Trinajstić information content (AvgIpc) is 2.83. The second-order valence-electron chi connectivity index (χ2n) is 4.03. The molecule has 0 spiro atoms. The van der Waals surface area contributed by atoms with Gasteiger partial charge >= 0.3 is 0 Å². The van der Waals surface area contributed by atoms with Gasteiger partial charge in [-0.25, -0.2) is 0 Å². The van der Waals surface area contributed by atoms with Crippen LogP contribution < -0.4 is 5.32 Å². The van der Waals surface area contributed by atoms with E-state index < -0.39 is 0 Å². The third-order valence-electron chi connectivity index (χ3n) is 2.51. The fourth-order valence-electron chi connectivity index (χ4n) is 1.50. The highest BCUT2D eigenvalue weighted by atomic mass is 79.9. The van der Waals surface area contributed by atoms with Crippen LogP contribution in [0.3, 0.4) is 0 Å². The summed E-state index contributed by atoms with van der Waals surface area (Å²) in [4.78, 5) is 11.9. The molecule has 1 N–H and O–H groups in total. The number of carbonyl (C=O) groups is 1. The molecule has 1 amide bonds. The maximum Gasteiger partial charge on any atom is 0.277 e. The number of hydrogen-bond acceptors (Lipinski definition) is 4. The van der Waals surface area contributed by atoms with Crippen LogP contribution in [0.5, 0.6) is 0 Å². The summed E-state index contributed by atoms with van der Waals surface area (Å²) >= 11 is 3.41. The number of nitrogens with one attached hydrogen (secondary N) is 1. The zero-order chi connectivity index (χ0) is 13.8. The molecule has 0 radical (unpaired) electrons. The SMILES string of the molecule is COCc1cc(C(=O)Nc2ccc(C)c(Br)c2)no1. The van der Waals surface area contributed by atoms with Gasteiger partial charge < -0.3 is 14.6 Å². The van der Waals surface area contributed by atoms with Crippen LogP contribution in [0.1, 0.15) is 21.8 Å². The van der Waals surface area contributed by atoms with Crippen molar-refractivity contribution >= 4 is 27.5 Å². The first-order valence-electron chi connectivity index (χ1n) is 5.62. The Morgan fingerprint density at radius 3 is 2.95 bits per heavy atom. The van der Waals surface area contributed by atoms with Gasteiger partial charge in [0.25, 0.3) is 5.91 Å². The monoisotopic (exact) mass is 324 g/mol. The van der Waals surface area contributed by atoms with Gasteiger partial charge in [0.15, 0.2) is 11.5 Å². The molecule has 6 heteroatoms. The summed E-state index contributed by atoms with van der Waals surface area (Å²) in [6, 6.07) is 7.14. The van der Waals surface area contributed by atoms with Crippen LogP contribution >= 0.6 is 15.9 Å². The molecule has 0 unspecified atom stereocenters. The number of aryl methyl sites for hydroxylation is 1. The maximum atomic E-state index is 11.9. The van der Waals surface area contributed by atoms with Crippen molar-refractivity contribution in [3.05, 3.63) is 45.8 Å². The molecule has 1 aromatic heterocycles. The third-order valence-corrected chi connectivity index (χ3v) is 3.36. The second kappa shape index (κ2) is 5.99. The van der Waals surface area contributed by atoms with Crippen molar-refractivity contribution in [3.63, 3.8) is 0 Å². The van der Waals surface area contributed by atoms with Crippen LogP contribution in [0.15, 0.2) is 33.3 Å². The minimum Gasteiger partial charge on any atom is -0.377 e. The smallest absolute Gasteiger partial charge is 0.277 e. The van der Waals surface area contributed by atoms with Gasteiger partial charge in [-0.1, -0.05) is 27.2 Å². The van der Waals surface area contributed by atoms with E-state index in [0.29, 0.717) is 11.4 Å². The molecule has 2 aromatic rings. The number of rotatable bonds is 4. The van der Waals surface area contributed by atoms with E-state index in [2.05, 4.69) is 26.4 Å². The van der Waals surface area contributed by atoms with E-state index in [1.807, 2.05) is 25.1 Å². The van der Waals surface area contributed by atoms with E-state index in [1.165, 1.54) is 0 Å². The van der Waals surface area contributed by atoms with Gasteiger partial charge in [0.1, 0.15) is 6.61 Å². The molecule has 100 valence electrons. The standard InChI is InChI=1S/C13H13BrN2O3/c1-8-3-4-9(5-11(8)14)15-13(17)12-6-10(7-18-2)19-16-12/h3-6H,7H2,1-2H3,(H,15,17). The Balaban J connectivity index is 2.09. The first-order valence-corrected chi connectivity index (χ1v) is 6.41. The van der Waals surface area contributed by atoms with Crippen molar-refractivity contribution in [1.82, 2.24) is 5.16 Å². The molecule has 0 atom stereocenters. The first-order chi connectivity index (χ1) is 9.10. The number of hydrogen-bond donors (Lipinski definition) is 1. The number of aromatic nitrogens is 1. The highest BCUT2D eigenvalue weighted by Gasteiger charge is 2.13. The molecule has 1 heterocycles. The quantitative estimate of drug-likeness (QED) is 0.938. The molecule has 0 aliphatic heterocycles. The minimum atomic E-state index is -0.318. The maximum absolute atomic E-state index is 11.9. The van der Waals surface area contributed by atoms with Crippen LogP contribution in [0.2, 0.25) is 0 Å². The zero-order valence-corrected chi connectivity index (χ0v) is 12.2. The van der Waals surface area contributed by atoms with Crippen LogP contribution in [0, 0.1) is 6.92 Å².